The van der Waals surface area contributed by atoms with Crippen molar-refractivity contribution in [3.8, 4) is 17.1 Å². The van der Waals surface area contributed by atoms with Crippen molar-refractivity contribution in [3.05, 3.63) is 36.5 Å². The molecule has 0 saturated heterocycles. The van der Waals surface area contributed by atoms with Crippen molar-refractivity contribution < 1.29 is 35.1 Å². The Hall–Kier alpha value is -2.48. The number of imidazole rings is 1. The summed E-state index contributed by atoms with van der Waals surface area (Å²) in [4.78, 5) is 12.1. The molecule has 0 fully saturated rings. The predicted molar refractivity (Wildman–Crippen MR) is 103 cm³/mol. The Balaban J connectivity index is 2.00. The smallest absolute Gasteiger partial charge is 0.459 e. The molecule has 0 aliphatic heterocycles. The monoisotopic (exact) mass is 482 g/mol. The highest BCUT2D eigenvalue weighted by Crippen LogP contribution is 2.43. The lowest BCUT2D eigenvalue weighted by atomic mass is 10.2. The van der Waals surface area contributed by atoms with Crippen LogP contribution in [0.4, 0.5) is 22.0 Å². The second-order valence-corrected chi connectivity index (χ2v) is 9.77. The molecule has 0 amide bonds. The number of rotatable bonds is 7. The second kappa shape index (κ2) is 8.22. The Morgan fingerprint density at radius 2 is 1.87 bits per heavy atom. The summed E-state index contributed by atoms with van der Waals surface area (Å²) < 4.78 is 94.0. The summed E-state index contributed by atoms with van der Waals surface area (Å²) in [6.07, 6.45) is -1.31. The lowest BCUT2D eigenvalue weighted by Gasteiger charge is -2.18. The first-order valence-corrected chi connectivity index (χ1v) is 11.6. The Labute approximate surface area is 177 Å². The maximum atomic E-state index is 13.6. The molecule has 3 aromatic rings. The number of hydrogen-bond donors (Lipinski definition) is 0. The molecule has 0 bridgehead atoms. The van der Waals surface area contributed by atoms with Crippen molar-refractivity contribution in [3.63, 3.8) is 0 Å². The molecule has 0 aliphatic carbocycles. The molecule has 168 valence electrons. The second-order valence-electron chi connectivity index (χ2n) is 6.38. The number of thioether (sulfide) groups is 1. The quantitative estimate of drug-likeness (QED) is 0.373. The van der Waals surface area contributed by atoms with Crippen LogP contribution >= 0.6 is 11.8 Å². The number of pyridine rings is 1. The molecular weight excluding hydrogens is 467 g/mol. The molecule has 0 aromatic carbocycles. The fraction of sp³-hybridized carbons (Fsp3) is 0.353. The standard InChI is InChI=1S/C17H15F5N4O3S2/c1-3-30-12-4-10(29-9-31(2,27)28)6-23-15(12)11-7-26-8-24-13(5-14(26)25-11)16(18,19)17(20,21)22/h4-8H,3,9H2,1-2H3. The molecule has 0 saturated carbocycles. The topological polar surface area (TPSA) is 86.5 Å². The number of hydrogen-bond acceptors (Lipinski definition) is 7. The summed E-state index contributed by atoms with van der Waals surface area (Å²) in [5.41, 5.74) is -1.10. The van der Waals surface area contributed by atoms with E-state index in [1.165, 1.54) is 28.6 Å². The number of halogens is 5. The minimum absolute atomic E-state index is 0.171. The molecule has 3 rings (SSSR count). The maximum Gasteiger partial charge on any atom is 0.459 e. The van der Waals surface area contributed by atoms with Crippen LogP contribution in [0.2, 0.25) is 0 Å². The average Bonchev–Trinajstić information content (AvgIpc) is 3.08. The number of fused-ring (bicyclic) bond motifs is 1. The molecule has 0 N–H and O–H groups in total. The third kappa shape index (κ3) is 5.06. The summed E-state index contributed by atoms with van der Waals surface area (Å²) in [6, 6.07) is 2.11. The van der Waals surface area contributed by atoms with E-state index in [4.69, 9.17) is 4.74 Å². The van der Waals surface area contributed by atoms with Gasteiger partial charge in [0.2, 0.25) is 0 Å². The Morgan fingerprint density at radius 3 is 2.48 bits per heavy atom. The average molecular weight is 482 g/mol. The molecule has 14 heteroatoms. The van der Waals surface area contributed by atoms with Gasteiger partial charge < -0.3 is 4.74 Å². The zero-order chi connectivity index (χ0) is 23.0. The van der Waals surface area contributed by atoms with Crippen LogP contribution in [0.15, 0.2) is 35.7 Å². The first-order chi connectivity index (χ1) is 14.3. The fourth-order valence-electron chi connectivity index (χ4n) is 2.46. The fourth-order valence-corrected chi connectivity index (χ4v) is 3.62. The van der Waals surface area contributed by atoms with Crippen LogP contribution in [0, 0.1) is 0 Å². The zero-order valence-electron chi connectivity index (χ0n) is 16.0. The molecule has 0 unspecified atom stereocenters. The van der Waals surface area contributed by atoms with Crippen molar-refractivity contribution in [2.24, 2.45) is 0 Å². The van der Waals surface area contributed by atoms with E-state index in [-0.39, 0.29) is 17.1 Å². The SMILES string of the molecule is CCSc1cc(OCS(C)(=O)=O)cnc1-c1cn2cnc(C(F)(F)C(F)(F)F)cc2n1. The molecule has 3 aromatic heterocycles. The maximum absolute atomic E-state index is 13.6. The summed E-state index contributed by atoms with van der Waals surface area (Å²) in [7, 11) is -3.37. The van der Waals surface area contributed by atoms with Crippen LogP contribution in [-0.2, 0) is 15.8 Å². The third-order valence-electron chi connectivity index (χ3n) is 3.84. The van der Waals surface area contributed by atoms with Crippen molar-refractivity contribution >= 4 is 27.2 Å². The van der Waals surface area contributed by atoms with Gasteiger partial charge in [-0.2, -0.15) is 22.0 Å². The van der Waals surface area contributed by atoms with Crippen LogP contribution in [-0.4, -0.2) is 51.9 Å². The number of aromatic nitrogens is 4. The molecule has 7 nitrogen and oxygen atoms in total. The predicted octanol–water partition coefficient (Wildman–Crippen LogP) is 3.94. The van der Waals surface area contributed by atoms with Gasteiger partial charge in [-0.25, -0.2) is 23.4 Å². The molecule has 0 radical (unpaired) electrons. The summed E-state index contributed by atoms with van der Waals surface area (Å²) in [5.74, 6) is -4.86. The van der Waals surface area contributed by atoms with Gasteiger partial charge in [0.05, 0.1) is 6.20 Å². The van der Waals surface area contributed by atoms with Gasteiger partial charge >= 0.3 is 12.1 Å². The van der Waals surface area contributed by atoms with Gasteiger partial charge in [-0.1, -0.05) is 6.92 Å². The highest BCUT2D eigenvalue weighted by molar-refractivity contribution is 7.99. The van der Waals surface area contributed by atoms with Gasteiger partial charge in [-0.3, -0.25) is 4.40 Å². The van der Waals surface area contributed by atoms with E-state index in [2.05, 4.69) is 15.0 Å². The molecule has 0 spiro atoms. The number of nitrogens with zero attached hydrogens (tertiary/aromatic N) is 4. The third-order valence-corrected chi connectivity index (χ3v) is 5.29. The normalized spacial score (nSPS) is 13.0. The van der Waals surface area contributed by atoms with E-state index >= 15 is 0 Å². The van der Waals surface area contributed by atoms with Crippen LogP contribution in [0.25, 0.3) is 17.0 Å². The van der Waals surface area contributed by atoms with Crippen molar-refractivity contribution in [1.82, 2.24) is 19.4 Å². The van der Waals surface area contributed by atoms with Crippen molar-refractivity contribution in [2.75, 3.05) is 17.9 Å². The van der Waals surface area contributed by atoms with Crippen LogP contribution in [0.5, 0.6) is 5.75 Å². The molecule has 0 atom stereocenters. The number of ether oxygens (including phenoxy) is 1. The van der Waals surface area contributed by atoms with E-state index in [0.717, 1.165) is 12.6 Å². The van der Waals surface area contributed by atoms with Crippen LogP contribution in [0.1, 0.15) is 12.6 Å². The molecular formula is C17H15F5N4O3S2. The van der Waals surface area contributed by atoms with Gasteiger partial charge in [0, 0.05) is 23.4 Å². The van der Waals surface area contributed by atoms with E-state index in [1.54, 1.807) is 6.07 Å². The first kappa shape index (κ1) is 23.2. The minimum Gasteiger partial charge on any atom is -0.476 e. The lowest BCUT2D eigenvalue weighted by molar-refractivity contribution is -0.290. The Kier molecular flexibility index (Phi) is 6.15. The van der Waals surface area contributed by atoms with E-state index < -0.39 is 33.6 Å². The lowest BCUT2D eigenvalue weighted by Crippen LogP contribution is -2.34. The number of sulfone groups is 1. The summed E-state index contributed by atoms with van der Waals surface area (Å²) in [5, 5.41) is 0. The Bertz CT molecular complexity index is 1210. The minimum atomic E-state index is -5.79. The zero-order valence-corrected chi connectivity index (χ0v) is 17.7. The van der Waals surface area contributed by atoms with Crippen molar-refractivity contribution in [1.29, 1.82) is 0 Å². The van der Waals surface area contributed by atoms with E-state index in [9.17, 15) is 30.4 Å². The van der Waals surface area contributed by atoms with Gasteiger partial charge in [-0.05, 0) is 11.8 Å². The highest BCUT2D eigenvalue weighted by atomic mass is 32.2. The molecule has 3 heterocycles. The van der Waals surface area contributed by atoms with Crippen LogP contribution in [0.3, 0.4) is 0 Å². The van der Waals surface area contributed by atoms with Crippen LogP contribution < -0.4 is 4.74 Å². The first-order valence-electron chi connectivity index (χ1n) is 8.55. The van der Waals surface area contributed by atoms with Gasteiger partial charge in [-0.15, -0.1) is 11.8 Å². The van der Waals surface area contributed by atoms with E-state index in [0.29, 0.717) is 22.4 Å². The largest absolute Gasteiger partial charge is 0.476 e. The highest BCUT2D eigenvalue weighted by Gasteiger charge is 2.60. The van der Waals surface area contributed by atoms with Gasteiger partial charge in [0.1, 0.15) is 34.8 Å². The number of alkyl halides is 5. The van der Waals surface area contributed by atoms with Gasteiger partial charge in [0.25, 0.3) is 0 Å². The summed E-state index contributed by atoms with van der Waals surface area (Å²) in [6.45, 7) is 1.86. The van der Waals surface area contributed by atoms with Crippen molar-refractivity contribution in [2.45, 2.75) is 23.9 Å². The molecule has 0 aliphatic rings. The Morgan fingerprint density at radius 1 is 1.16 bits per heavy atom. The summed E-state index contributed by atoms with van der Waals surface area (Å²) >= 11 is 1.34. The molecule has 31 heavy (non-hydrogen) atoms. The van der Waals surface area contributed by atoms with Gasteiger partial charge in [0.15, 0.2) is 15.8 Å². The van der Waals surface area contributed by atoms with E-state index in [1.807, 2.05) is 6.92 Å².